The third kappa shape index (κ3) is 2.11. The zero-order valence-corrected chi connectivity index (χ0v) is 9.86. The highest BCUT2D eigenvalue weighted by Gasteiger charge is 2.31. The van der Waals surface area contributed by atoms with Crippen LogP contribution in [0.5, 0.6) is 6.01 Å². The third-order valence-electron chi connectivity index (χ3n) is 3.21. The quantitative estimate of drug-likeness (QED) is 0.777. The smallest absolute Gasteiger partial charge is 0.336 e. The maximum Gasteiger partial charge on any atom is 0.336 e. The predicted molar refractivity (Wildman–Crippen MR) is 61.5 cm³/mol. The Balaban J connectivity index is 2.09. The highest BCUT2D eigenvalue weighted by molar-refractivity contribution is 5.31. The summed E-state index contributed by atoms with van der Waals surface area (Å²) in [4.78, 5) is 6.43. The van der Waals surface area contributed by atoms with E-state index < -0.39 is 0 Å². The highest BCUT2D eigenvalue weighted by Crippen LogP contribution is 2.30. The molecule has 16 heavy (non-hydrogen) atoms. The van der Waals surface area contributed by atoms with Crippen molar-refractivity contribution < 1.29 is 4.74 Å². The monoisotopic (exact) mass is 225 g/mol. The molecule has 1 aliphatic rings. The number of H-pyrrole nitrogens is 1. The van der Waals surface area contributed by atoms with E-state index in [2.05, 4.69) is 27.0 Å². The Hall–Kier alpha value is -1.30. The summed E-state index contributed by atoms with van der Waals surface area (Å²) in [5.41, 5.74) is 5.99. The van der Waals surface area contributed by atoms with Crippen LogP contribution in [0, 0.1) is 5.41 Å². The summed E-state index contributed by atoms with van der Waals surface area (Å²) in [6.45, 7) is 4.83. The molecule has 0 amide bonds. The number of methoxy groups -OCH3 is 1. The molecule has 90 valence electrons. The molecule has 1 saturated heterocycles. The van der Waals surface area contributed by atoms with Gasteiger partial charge in [0.15, 0.2) is 0 Å². The minimum absolute atomic E-state index is 0.179. The number of nitrogens with two attached hydrogens (primary N) is 1. The molecule has 1 unspecified atom stereocenters. The highest BCUT2D eigenvalue weighted by atomic mass is 16.5. The molecule has 0 aromatic carbocycles. The number of ether oxygens (including phenoxy) is 1. The molecule has 1 aliphatic heterocycles. The van der Waals surface area contributed by atoms with Gasteiger partial charge in [-0.25, -0.2) is 5.10 Å². The maximum absolute atomic E-state index is 5.81. The van der Waals surface area contributed by atoms with E-state index in [0.717, 1.165) is 25.5 Å². The molecule has 6 heteroatoms. The largest absolute Gasteiger partial charge is 0.466 e. The van der Waals surface area contributed by atoms with E-state index in [1.165, 1.54) is 6.42 Å². The number of hydrogen-bond acceptors (Lipinski definition) is 5. The summed E-state index contributed by atoms with van der Waals surface area (Å²) in [6, 6.07) is 0.384. The van der Waals surface area contributed by atoms with Crippen LogP contribution in [0.15, 0.2) is 0 Å². The normalized spacial score (nSPS) is 25.8. The van der Waals surface area contributed by atoms with Crippen LogP contribution in [-0.4, -0.2) is 41.9 Å². The Labute approximate surface area is 95.2 Å². The first kappa shape index (κ1) is 11.2. The Bertz CT molecular complexity index is 353. The number of nitrogens with zero attached hydrogens (tertiary/aromatic N) is 3. The summed E-state index contributed by atoms with van der Waals surface area (Å²) in [5.74, 6) is 0.774. The molecule has 0 spiro atoms. The summed E-state index contributed by atoms with van der Waals surface area (Å²) >= 11 is 0. The molecular weight excluding hydrogens is 206 g/mol. The van der Waals surface area contributed by atoms with Crippen LogP contribution < -0.4 is 15.4 Å². The van der Waals surface area contributed by atoms with Crippen LogP contribution in [0.25, 0.3) is 0 Å². The van der Waals surface area contributed by atoms with Gasteiger partial charge in [0.1, 0.15) is 0 Å². The third-order valence-corrected chi connectivity index (χ3v) is 3.21. The number of aromatic nitrogens is 3. The Morgan fingerprint density at radius 1 is 1.62 bits per heavy atom. The number of rotatable bonds is 3. The molecule has 0 radical (unpaired) electrons. The van der Waals surface area contributed by atoms with Gasteiger partial charge in [0, 0.05) is 13.1 Å². The average molecular weight is 225 g/mol. The van der Waals surface area contributed by atoms with Crippen LogP contribution in [0.2, 0.25) is 0 Å². The number of aromatic amines is 1. The molecule has 1 aromatic heterocycles. The molecule has 0 aliphatic carbocycles. The fraction of sp³-hybridized carbons (Fsp3) is 0.800. The lowest BCUT2D eigenvalue weighted by molar-refractivity contribution is 0.269. The summed E-state index contributed by atoms with van der Waals surface area (Å²) in [5, 5.41) is 6.84. The first-order chi connectivity index (χ1) is 7.67. The van der Waals surface area contributed by atoms with Gasteiger partial charge in [0.25, 0.3) is 0 Å². The van der Waals surface area contributed by atoms with Crippen LogP contribution in [0.1, 0.15) is 19.8 Å². The number of anilines is 1. The Kier molecular flexibility index (Phi) is 3.00. The molecule has 1 fully saturated rings. The van der Waals surface area contributed by atoms with Gasteiger partial charge in [-0.3, -0.25) is 0 Å². The van der Waals surface area contributed by atoms with Crippen molar-refractivity contribution in [2.45, 2.75) is 19.8 Å². The summed E-state index contributed by atoms with van der Waals surface area (Å²) in [7, 11) is 1.56. The van der Waals surface area contributed by atoms with Crippen molar-refractivity contribution in [2.75, 3.05) is 31.6 Å². The van der Waals surface area contributed by atoms with E-state index in [1.807, 2.05) is 0 Å². The SMILES string of the molecule is COc1n[nH]c(N2CCCC(C)(CN)C2)n1. The molecular formula is C10H19N5O. The van der Waals surface area contributed by atoms with Crippen molar-refractivity contribution in [2.24, 2.45) is 11.1 Å². The van der Waals surface area contributed by atoms with E-state index in [-0.39, 0.29) is 5.41 Å². The predicted octanol–water partition coefficient (Wildman–Crippen LogP) is 0.379. The van der Waals surface area contributed by atoms with Crippen molar-refractivity contribution in [3.63, 3.8) is 0 Å². The van der Waals surface area contributed by atoms with Crippen molar-refractivity contribution in [1.29, 1.82) is 0 Å². The Morgan fingerprint density at radius 3 is 3.06 bits per heavy atom. The van der Waals surface area contributed by atoms with Gasteiger partial charge in [-0.1, -0.05) is 6.92 Å². The second-order valence-electron chi connectivity index (χ2n) is 4.69. The van der Waals surface area contributed by atoms with E-state index in [0.29, 0.717) is 12.6 Å². The lowest BCUT2D eigenvalue weighted by atomic mass is 9.82. The molecule has 0 bridgehead atoms. The second-order valence-corrected chi connectivity index (χ2v) is 4.69. The van der Waals surface area contributed by atoms with Gasteiger partial charge in [-0.05, 0) is 24.8 Å². The number of hydrogen-bond donors (Lipinski definition) is 2. The van der Waals surface area contributed by atoms with Gasteiger partial charge in [-0.15, -0.1) is 5.10 Å². The minimum atomic E-state index is 0.179. The zero-order valence-electron chi connectivity index (χ0n) is 9.86. The van der Waals surface area contributed by atoms with Crippen molar-refractivity contribution in [1.82, 2.24) is 15.2 Å². The fourth-order valence-electron chi connectivity index (χ4n) is 2.13. The number of nitrogens with one attached hydrogen (secondary N) is 1. The standard InChI is InChI=1S/C10H19N5O/c1-10(6-11)4-3-5-15(7-10)8-12-9(16-2)14-13-8/h3-7,11H2,1-2H3,(H,12,13,14). The van der Waals surface area contributed by atoms with E-state index in [9.17, 15) is 0 Å². The molecule has 2 rings (SSSR count). The van der Waals surface area contributed by atoms with E-state index in [1.54, 1.807) is 7.11 Å². The summed E-state index contributed by atoms with van der Waals surface area (Å²) in [6.07, 6.45) is 2.31. The van der Waals surface area contributed by atoms with Gasteiger partial charge in [-0.2, -0.15) is 4.98 Å². The van der Waals surface area contributed by atoms with Gasteiger partial charge in [0.2, 0.25) is 5.95 Å². The lowest BCUT2D eigenvalue weighted by Crippen LogP contribution is -2.46. The van der Waals surface area contributed by atoms with Crippen molar-refractivity contribution in [3.05, 3.63) is 0 Å². The van der Waals surface area contributed by atoms with Gasteiger partial charge >= 0.3 is 6.01 Å². The average Bonchev–Trinajstić information content (AvgIpc) is 2.78. The maximum atomic E-state index is 5.81. The van der Waals surface area contributed by atoms with Crippen molar-refractivity contribution in [3.8, 4) is 6.01 Å². The first-order valence-electron chi connectivity index (χ1n) is 5.58. The second kappa shape index (κ2) is 4.29. The fourth-order valence-corrected chi connectivity index (χ4v) is 2.13. The molecule has 3 N–H and O–H groups in total. The van der Waals surface area contributed by atoms with E-state index in [4.69, 9.17) is 10.5 Å². The molecule has 1 atom stereocenters. The number of piperidine rings is 1. The van der Waals surface area contributed by atoms with Crippen LogP contribution >= 0.6 is 0 Å². The molecule has 1 aromatic rings. The lowest BCUT2D eigenvalue weighted by Gasteiger charge is -2.39. The van der Waals surface area contributed by atoms with Gasteiger partial charge in [0.05, 0.1) is 7.11 Å². The van der Waals surface area contributed by atoms with Crippen molar-refractivity contribution >= 4 is 5.95 Å². The molecule has 6 nitrogen and oxygen atoms in total. The summed E-state index contributed by atoms with van der Waals surface area (Å²) < 4.78 is 4.96. The first-order valence-corrected chi connectivity index (χ1v) is 5.58. The van der Waals surface area contributed by atoms with Crippen LogP contribution in [0.3, 0.4) is 0 Å². The van der Waals surface area contributed by atoms with Crippen LogP contribution in [0.4, 0.5) is 5.95 Å². The van der Waals surface area contributed by atoms with E-state index >= 15 is 0 Å². The van der Waals surface area contributed by atoms with Gasteiger partial charge < -0.3 is 15.4 Å². The molecule has 2 heterocycles. The van der Waals surface area contributed by atoms with Crippen LogP contribution in [-0.2, 0) is 0 Å². The zero-order chi connectivity index (χ0) is 11.6. The minimum Gasteiger partial charge on any atom is -0.466 e. The molecule has 0 saturated carbocycles. The Morgan fingerprint density at radius 2 is 2.44 bits per heavy atom. The topological polar surface area (TPSA) is 80.1 Å².